The van der Waals surface area contributed by atoms with Crippen LogP contribution in [0.3, 0.4) is 0 Å². The summed E-state index contributed by atoms with van der Waals surface area (Å²) >= 11 is 0. The minimum atomic E-state index is 0.386. The van der Waals surface area contributed by atoms with Crippen LogP contribution in [0.2, 0.25) is 0 Å². The smallest absolute Gasteiger partial charge is 0.253 e. The first kappa shape index (κ1) is 13.7. The molecule has 4 rings (SSSR count). The highest BCUT2D eigenvalue weighted by atomic mass is 16.5. The molecule has 1 aromatic carbocycles. The molecule has 4 nitrogen and oxygen atoms in total. The molecule has 22 heavy (non-hydrogen) atoms. The van der Waals surface area contributed by atoms with E-state index in [9.17, 15) is 0 Å². The lowest BCUT2D eigenvalue weighted by molar-refractivity contribution is 0.390. The monoisotopic (exact) mass is 295 g/mol. The van der Waals surface area contributed by atoms with Crippen molar-refractivity contribution in [2.45, 2.75) is 38.0 Å². The topological polar surface area (TPSA) is 51.0 Å². The Kier molecular flexibility index (Phi) is 3.77. The van der Waals surface area contributed by atoms with E-state index in [-0.39, 0.29) is 0 Å². The second-order valence-electron chi connectivity index (χ2n) is 6.18. The van der Waals surface area contributed by atoms with Crippen molar-refractivity contribution in [3.63, 3.8) is 0 Å². The van der Waals surface area contributed by atoms with Gasteiger partial charge in [0.15, 0.2) is 5.82 Å². The molecule has 0 radical (unpaired) electrons. The summed E-state index contributed by atoms with van der Waals surface area (Å²) in [5.74, 6) is 1.98. The Bertz CT molecular complexity index is 689. The Morgan fingerprint density at radius 1 is 1.09 bits per heavy atom. The Balaban J connectivity index is 1.54. The fourth-order valence-corrected chi connectivity index (χ4v) is 3.44. The highest BCUT2D eigenvalue weighted by Crippen LogP contribution is 2.32. The average molecular weight is 295 g/mol. The van der Waals surface area contributed by atoms with Crippen LogP contribution in [0.15, 0.2) is 34.9 Å². The number of hydrogen-bond donors (Lipinski definition) is 1. The van der Waals surface area contributed by atoms with Crippen molar-refractivity contribution in [2.75, 3.05) is 13.1 Å². The van der Waals surface area contributed by atoms with Crippen molar-refractivity contribution in [1.82, 2.24) is 15.5 Å². The molecule has 1 unspecified atom stereocenters. The van der Waals surface area contributed by atoms with E-state index < -0.39 is 0 Å². The van der Waals surface area contributed by atoms with Gasteiger partial charge in [-0.1, -0.05) is 35.5 Å². The summed E-state index contributed by atoms with van der Waals surface area (Å²) in [6, 6.07) is 8.70. The molecule has 0 saturated heterocycles. The minimum Gasteiger partial charge on any atom is -0.334 e. The van der Waals surface area contributed by atoms with Crippen molar-refractivity contribution in [3.05, 3.63) is 53.2 Å². The zero-order valence-corrected chi connectivity index (χ0v) is 12.7. The largest absolute Gasteiger partial charge is 0.334 e. The summed E-state index contributed by atoms with van der Waals surface area (Å²) in [6.07, 6.45) is 7.47. The molecule has 0 saturated carbocycles. The first-order valence-corrected chi connectivity index (χ1v) is 8.20. The molecule has 0 amide bonds. The van der Waals surface area contributed by atoms with Crippen LogP contribution in [0, 0.1) is 0 Å². The van der Waals surface area contributed by atoms with Gasteiger partial charge in [-0.3, -0.25) is 0 Å². The highest BCUT2D eigenvalue weighted by molar-refractivity contribution is 5.58. The van der Waals surface area contributed by atoms with E-state index in [0.717, 1.165) is 56.9 Å². The Hall–Kier alpha value is -1.94. The maximum atomic E-state index is 5.54. The van der Waals surface area contributed by atoms with E-state index in [1.807, 2.05) is 0 Å². The van der Waals surface area contributed by atoms with Gasteiger partial charge in [-0.05, 0) is 56.3 Å². The van der Waals surface area contributed by atoms with Gasteiger partial charge < -0.3 is 9.84 Å². The number of fused-ring (bicyclic) bond motifs is 1. The fraction of sp³-hybridized carbons (Fsp3) is 0.444. The lowest BCUT2D eigenvalue weighted by Crippen LogP contribution is -2.14. The summed E-state index contributed by atoms with van der Waals surface area (Å²) in [4.78, 5) is 4.70. The van der Waals surface area contributed by atoms with Gasteiger partial charge in [0.25, 0.3) is 5.89 Å². The molecular formula is C18H21N3O. The normalized spacial score (nSPS) is 21.8. The molecule has 1 aliphatic carbocycles. The van der Waals surface area contributed by atoms with Crippen molar-refractivity contribution in [1.29, 1.82) is 0 Å². The number of aryl methyl sites for hydroxylation is 1. The lowest BCUT2D eigenvalue weighted by Gasteiger charge is -2.21. The molecule has 0 fully saturated rings. The number of aromatic nitrogens is 2. The molecule has 1 N–H and O–H groups in total. The molecule has 0 spiro atoms. The lowest BCUT2D eigenvalue weighted by atomic mass is 9.83. The Labute approximate surface area is 130 Å². The van der Waals surface area contributed by atoms with E-state index >= 15 is 0 Å². The summed E-state index contributed by atoms with van der Waals surface area (Å²) in [5.41, 5.74) is 4.10. The third-order valence-electron chi connectivity index (χ3n) is 4.71. The quantitative estimate of drug-likeness (QED) is 0.925. The zero-order chi connectivity index (χ0) is 14.8. The van der Waals surface area contributed by atoms with Crippen molar-refractivity contribution < 1.29 is 4.52 Å². The van der Waals surface area contributed by atoms with E-state index in [1.165, 1.54) is 16.7 Å². The van der Waals surface area contributed by atoms with Crippen LogP contribution in [0.5, 0.6) is 0 Å². The predicted molar refractivity (Wildman–Crippen MR) is 85.6 cm³/mol. The molecule has 2 heterocycles. The number of nitrogens with zero attached hydrogens (tertiary/aromatic N) is 2. The van der Waals surface area contributed by atoms with E-state index in [2.05, 4.69) is 40.8 Å². The first-order chi connectivity index (χ1) is 10.9. The van der Waals surface area contributed by atoms with Crippen LogP contribution in [-0.2, 0) is 12.8 Å². The molecule has 1 aliphatic heterocycles. The van der Waals surface area contributed by atoms with Crippen molar-refractivity contribution >= 4 is 5.57 Å². The van der Waals surface area contributed by atoms with Gasteiger partial charge in [-0.25, -0.2) is 0 Å². The van der Waals surface area contributed by atoms with Crippen LogP contribution in [0.4, 0.5) is 0 Å². The second kappa shape index (κ2) is 6.05. The second-order valence-corrected chi connectivity index (χ2v) is 6.18. The minimum absolute atomic E-state index is 0.386. The van der Waals surface area contributed by atoms with Gasteiger partial charge in [0.1, 0.15) is 0 Å². The standard InChI is InChI=1S/C18H21N3O/c1-2-5-15-12-16(8-7-13(15)4-1)17-20-18(22-21-17)14-6-3-10-19-11-9-14/h1-2,4-6,16,19H,3,7-12H2. The van der Waals surface area contributed by atoms with Crippen molar-refractivity contribution in [3.8, 4) is 0 Å². The number of benzene rings is 1. The molecule has 2 aliphatic rings. The van der Waals surface area contributed by atoms with Gasteiger partial charge in [-0.2, -0.15) is 4.98 Å². The molecule has 1 atom stereocenters. The van der Waals surface area contributed by atoms with E-state index in [0.29, 0.717) is 5.92 Å². The van der Waals surface area contributed by atoms with Gasteiger partial charge in [0.05, 0.1) is 0 Å². The molecule has 0 bridgehead atoms. The third kappa shape index (κ3) is 2.71. The highest BCUT2D eigenvalue weighted by Gasteiger charge is 2.24. The van der Waals surface area contributed by atoms with Crippen LogP contribution in [0.1, 0.15) is 48.0 Å². The molecule has 1 aromatic heterocycles. The van der Waals surface area contributed by atoms with Gasteiger partial charge in [-0.15, -0.1) is 0 Å². The van der Waals surface area contributed by atoms with Crippen LogP contribution >= 0.6 is 0 Å². The number of rotatable bonds is 2. The SMILES string of the molecule is C1=C(c2nc(C3CCc4ccccc4C3)no2)CCNCC1. The zero-order valence-electron chi connectivity index (χ0n) is 12.7. The average Bonchev–Trinajstić information content (AvgIpc) is 2.90. The summed E-state index contributed by atoms with van der Waals surface area (Å²) in [6.45, 7) is 2.02. The Morgan fingerprint density at radius 3 is 2.95 bits per heavy atom. The van der Waals surface area contributed by atoms with E-state index in [4.69, 9.17) is 9.51 Å². The maximum absolute atomic E-state index is 5.54. The third-order valence-corrected chi connectivity index (χ3v) is 4.71. The van der Waals surface area contributed by atoms with Crippen LogP contribution in [0.25, 0.3) is 5.57 Å². The van der Waals surface area contributed by atoms with Crippen LogP contribution in [-0.4, -0.2) is 23.2 Å². The van der Waals surface area contributed by atoms with Gasteiger partial charge >= 0.3 is 0 Å². The first-order valence-electron chi connectivity index (χ1n) is 8.20. The summed E-state index contributed by atoms with van der Waals surface area (Å²) in [7, 11) is 0. The fourth-order valence-electron chi connectivity index (χ4n) is 3.44. The van der Waals surface area contributed by atoms with Crippen molar-refractivity contribution in [2.24, 2.45) is 0 Å². The summed E-state index contributed by atoms with van der Waals surface area (Å²) in [5, 5.41) is 7.66. The van der Waals surface area contributed by atoms with Crippen LogP contribution < -0.4 is 5.32 Å². The number of nitrogens with one attached hydrogen (secondary N) is 1. The van der Waals surface area contributed by atoms with E-state index in [1.54, 1.807) is 0 Å². The predicted octanol–water partition coefficient (Wildman–Crippen LogP) is 3.11. The molecule has 2 aromatic rings. The molecule has 114 valence electrons. The molecule has 4 heteroatoms. The van der Waals surface area contributed by atoms with Gasteiger partial charge in [0.2, 0.25) is 0 Å². The maximum Gasteiger partial charge on any atom is 0.253 e. The van der Waals surface area contributed by atoms with Gasteiger partial charge in [0, 0.05) is 11.5 Å². The Morgan fingerprint density at radius 2 is 2.00 bits per heavy atom. The molecular weight excluding hydrogens is 274 g/mol. The number of hydrogen-bond acceptors (Lipinski definition) is 4. The summed E-state index contributed by atoms with van der Waals surface area (Å²) < 4.78 is 5.54.